The minimum atomic E-state index is 0.700. The van der Waals surface area contributed by atoms with E-state index in [1.54, 1.807) is 0 Å². The maximum Gasteiger partial charge on any atom is 0.0299 e. The normalized spacial score (nSPS) is 13.0. The monoisotopic (exact) mass is 226 g/mol. The number of nitrogens with one attached hydrogen (secondary N) is 2. The molecule has 0 aliphatic heterocycles. The zero-order chi connectivity index (χ0) is 11.1. The summed E-state index contributed by atoms with van der Waals surface area (Å²) in [4.78, 5) is 2.83. The highest BCUT2D eigenvalue weighted by Gasteiger charge is 2.01. The summed E-state index contributed by atoms with van der Waals surface area (Å²) < 4.78 is 0. The van der Waals surface area contributed by atoms with E-state index < -0.39 is 0 Å². The van der Waals surface area contributed by atoms with E-state index in [1.165, 1.54) is 9.75 Å². The minimum Gasteiger partial charge on any atom is -0.317 e. The molecule has 1 aromatic heterocycles. The Kier molecular flexibility index (Phi) is 5.91. The molecule has 1 unspecified atom stereocenters. The fourth-order valence-electron chi connectivity index (χ4n) is 1.48. The Labute approximate surface area is 97.1 Å². The van der Waals surface area contributed by atoms with Gasteiger partial charge in [0.1, 0.15) is 0 Å². The summed E-state index contributed by atoms with van der Waals surface area (Å²) in [5, 5.41) is 6.86. The smallest absolute Gasteiger partial charge is 0.0299 e. The zero-order valence-corrected chi connectivity index (χ0v) is 10.8. The van der Waals surface area contributed by atoms with Crippen molar-refractivity contribution in [3.05, 3.63) is 21.9 Å². The van der Waals surface area contributed by atoms with E-state index in [1.807, 2.05) is 11.3 Å². The van der Waals surface area contributed by atoms with Crippen LogP contribution in [0.2, 0.25) is 0 Å². The molecule has 0 spiro atoms. The molecule has 1 rings (SSSR count). The van der Waals surface area contributed by atoms with E-state index in [9.17, 15) is 0 Å². The van der Waals surface area contributed by atoms with Gasteiger partial charge in [0, 0.05) is 16.3 Å². The van der Waals surface area contributed by atoms with Crippen LogP contribution in [0.1, 0.15) is 23.6 Å². The van der Waals surface area contributed by atoms with E-state index in [2.05, 4.69) is 43.5 Å². The average Bonchev–Trinajstić information content (AvgIpc) is 2.61. The molecule has 2 N–H and O–H groups in total. The highest BCUT2D eigenvalue weighted by Crippen LogP contribution is 2.14. The van der Waals surface area contributed by atoms with Crippen molar-refractivity contribution < 1.29 is 0 Å². The van der Waals surface area contributed by atoms with Gasteiger partial charge in [-0.25, -0.2) is 0 Å². The van der Waals surface area contributed by atoms with E-state index in [0.717, 1.165) is 26.2 Å². The van der Waals surface area contributed by atoms with Gasteiger partial charge in [0.05, 0.1) is 0 Å². The van der Waals surface area contributed by atoms with E-state index in [-0.39, 0.29) is 0 Å². The van der Waals surface area contributed by atoms with Gasteiger partial charge in [0.15, 0.2) is 0 Å². The summed E-state index contributed by atoms with van der Waals surface area (Å²) in [6.45, 7) is 10.8. The first-order chi connectivity index (χ1) is 7.22. The summed E-state index contributed by atoms with van der Waals surface area (Å²) in [5.41, 5.74) is 0. The lowest BCUT2D eigenvalue weighted by molar-refractivity contribution is 0.480. The van der Waals surface area contributed by atoms with Crippen LogP contribution in [0.3, 0.4) is 0 Å². The molecule has 1 heterocycles. The van der Waals surface area contributed by atoms with Gasteiger partial charge in [0.25, 0.3) is 0 Å². The second-order valence-electron chi connectivity index (χ2n) is 4.06. The first kappa shape index (κ1) is 12.7. The topological polar surface area (TPSA) is 24.1 Å². The van der Waals surface area contributed by atoms with Crippen molar-refractivity contribution in [1.29, 1.82) is 0 Å². The Morgan fingerprint density at radius 1 is 1.27 bits per heavy atom. The molecule has 3 heteroatoms. The van der Waals surface area contributed by atoms with Crippen molar-refractivity contribution >= 4 is 11.3 Å². The Morgan fingerprint density at radius 2 is 2.00 bits per heavy atom. The molecule has 0 amide bonds. The molecular weight excluding hydrogens is 204 g/mol. The van der Waals surface area contributed by atoms with Crippen LogP contribution in [0.15, 0.2) is 12.1 Å². The van der Waals surface area contributed by atoms with Gasteiger partial charge in [-0.15, -0.1) is 11.3 Å². The molecule has 0 bridgehead atoms. The lowest BCUT2D eigenvalue weighted by Gasteiger charge is -2.12. The summed E-state index contributed by atoms with van der Waals surface area (Å²) in [5.74, 6) is 0.700. The Hall–Kier alpha value is -0.380. The molecule has 2 nitrogen and oxygen atoms in total. The van der Waals surface area contributed by atoms with Crippen LogP contribution in [0.4, 0.5) is 0 Å². The third kappa shape index (κ3) is 5.30. The molecule has 0 saturated heterocycles. The predicted molar refractivity (Wildman–Crippen MR) is 68.5 cm³/mol. The highest BCUT2D eigenvalue weighted by molar-refractivity contribution is 7.11. The fraction of sp³-hybridized carbons (Fsp3) is 0.667. The van der Waals surface area contributed by atoms with Crippen molar-refractivity contribution in [2.24, 2.45) is 5.92 Å². The summed E-state index contributed by atoms with van der Waals surface area (Å²) in [6.07, 6.45) is 0. The first-order valence-corrected chi connectivity index (χ1v) is 6.50. The van der Waals surface area contributed by atoms with Gasteiger partial charge >= 0.3 is 0 Å². The van der Waals surface area contributed by atoms with Crippen molar-refractivity contribution in [3.8, 4) is 0 Å². The Balaban J connectivity index is 2.10. The predicted octanol–water partition coefficient (Wildman–Crippen LogP) is 2.39. The van der Waals surface area contributed by atoms with Gasteiger partial charge in [-0.05, 0) is 44.6 Å². The van der Waals surface area contributed by atoms with Gasteiger partial charge in [-0.3, -0.25) is 0 Å². The molecule has 0 radical (unpaired) electrons. The van der Waals surface area contributed by atoms with Crippen molar-refractivity contribution in [1.82, 2.24) is 10.6 Å². The van der Waals surface area contributed by atoms with Gasteiger partial charge in [-0.1, -0.05) is 13.8 Å². The second kappa shape index (κ2) is 6.99. The maximum absolute atomic E-state index is 3.49. The third-order valence-corrected chi connectivity index (χ3v) is 3.33. The average molecular weight is 226 g/mol. The van der Waals surface area contributed by atoms with Crippen LogP contribution in [0, 0.1) is 12.8 Å². The van der Waals surface area contributed by atoms with Crippen LogP contribution in [-0.4, -0.2) is 19.6 Å². The van der Waals surface area contributed by atoms with E-state index in [4.69, 9.17) is 0 Å². The molecule has 0 aliphatic rings. The van der Waals surface area contributed by atoms with Gasteiger partial charge in [-0.2, -0.15) is 0 Å². The minimum absolute atomic E-state index is 0.700. The summed E-state index contributed by atoms with van der Waals surface area (Å²) in [6, 6.07) is 4.39. The van der Waals surface area contributed by atoms with E-state index >= 15 is 0 Å². The fourth-order valence-corrected chi connectivity index (χ4v) is 2.34. The molecule has 0 aromatic carbocycles. The first-order valence-electron chi connectivity index (χ1n) is 5.69. The molecule has 1 aromatic rings. The third-order valence-electron chi connectivity index (χ3n) is 2.33. The van der Waals surface area contributed by atoms with Crippen LogP contribution in [-0.2, 0) is 6.54 Å². The lowest BCUT2D eigenvalue weighted by Crippen LogP contribution is -2.29. The van der Waals surface area contributed by atoms with Crippen molar-refractivity contribution in [2.75, 3.05) is 19.6 Å². The van der Waals surface area contributed by atoms with Crippen LogP contribution < -0.4 is 10.6 Å². The molecular formula is C12H22N2S. The zero-order valence-electron chi connectivity index (χ0n) is 9.97. The largest absolute Gasteiger partial charge is 0.317 e. The van der Waals surface area contributed by atoms with Crippen molar-refractivity contribution in [2.45, 2.75) is 27.3 Å². The standard InChI is InChI=1S/C12H22N2S/c1-4-13-7-10(2)8-14-9-12-6-5-11(3)15-12/h5-6,10,13-14H,4,7-9H2,1-3H3. The highest BCUT2D eigenvalue weighted by atomic mass is 32.1. The number of hydrogen-bond donors (Lipinski definition) is 2. The Bertz CT molecular complexity index is 270. The van der Waals surface area contributed by atoms with Crippen molar-refractivity contribution in [3.63, 3.8) is 0 Å². The number of rotatable bonds is 7. The molecule has 0 fully saturated rings. The quantitative estimate of drug-likeness (QED) is 0.746. The van der Waals surface area contributed by atoms with Crippen LogP contribution >= 0.6 is 11.3 Å². The Morgan fingerprint density at radius 3 is 2.60 bits per heavy atom. The van der Waals surface area contributed by atoms with E-state index in [0.29, 0.717) is 5.92 Å². The SMILES string of the molecule is CCNCC(C)CNCc1ccc(C)s1. The number of thiophene rings is 1. The van der Waals surface area contributed by atoms with Crippen LogP contribution in [0.25, 0.3) is 0 Å². The lowest BCUT2D eigenvalue weighted by atomic mass is 10.2. The van der Waals surface area contributed by atoms with Crippen LogP contribution in [0.5, 0.6) is 0 Å². The molecule has 1 atom stereocenters. The van der Waals surface area contributed by atoms with Gasteiger partial charge in [0.2, 0.25) is 0 Å². The van der Waals surface area contributed by atoms with Gasteiger partial charge < -0.3 is 10.6 Å². The maximum atomic E-state index is 3.49. The molecule has 0 aliphatic carbocycles. The molecule has 86 valence electrons. The second-order valence-corrected chi connectivity index (χ2v) is 5.43. The molecule has 15 heavy (non-hydrogen) atoms. The molecule has 0 saturated carbocycles. The summed E-state index contributed by atoms with van der Waals surface area (Å²) >= 11 is 1.88. The summed E-state index contributed by atoms with van der Waals surface area (Å²) in [7, 11) is 0. The number of aryl methyl sites for hydroxylation is 1. The number of hydrogen-bond acceptors (Lipinski definition) is 3.